The summed E-state index contributed by atoms with van der Waals surface area (Å²) in [5.74, 6) is 3.87. The summed E-state index contributed by atoms with van der Waals surface area (Å²) in [6.45, 7) is 12.9. The van der Waals surface area contributed by atoms with Crippen molar-refractivity contribution in [2.45, 2.75) is 102 Å². The van der Waals surface area contributed by atoms with E-state index in [1.807, 2.05) is 12.1 Å². The standard InChI is InChI=1S/C39H56N4O3.C10H12F3N3O/c1-39-17-14-34-33-11-9-32(26-30(33)6-10-35(34)36(39)12-13-37(39)44)46-25-3-18-40-38(45)29-4-7-31(8-5-29)43-19-15-28(16-20-43)27-42-23-21-41(2)22-24-42;11-10(12,13)8-4-14-5-9(16-8)15-7-2-1-3-17-6-7/h4-5,7-9,11,26,28,34-37,44H,3,6,10,12-25,27H2,1-2H3,(H,40,45);4-5,7H,1-3,6H2,(H,15,16)/t34?,35?,36?,37?,39-;/m0./s1. The summed E-state index contributed by atoms with van der Waals surface area (Å²) in [5.41, 5.74) is 4.06. The van der Waals surface area contributed by atoms with Gasteiger partial charge in [-0.2, -0.15) is 13.2 Å². The summed E-state index contributed by atoms with van der Waals surface area (Å²) in [5, 5.41) is 16.6. The largest absolute Gasteiger partial charge is 0.494 e. The summed E-state index contributed by atoms with van der Waals surface area (Å²) in [6.07, 6.45) is 9.28. The van der Waals surface area contributed by atoms with Crippen molar-refractivity contribution in [3.63, 3.8) is 0 Å². The van der Waals surface area contributed by atoms with Crippen LogP contribution in [0.15, 0.2) is 54.9 Å². The number of hydrogen-bond acceptors (Lipinski definition) is 10. The number of benzene rings is 2. The monoisotopic (exact) mass is 876 g/mol. The lowest BCUT2D eigenvalue weighted by atomic mass is 9.55. The van der Waals surface area contributed by atoms with Crippen LogP contribution in [0, 0.1) is 23.2 Å². The number of amides is 1. The maximum Gasteiger partial charge on any atom is 0.434 e. The second kappa shape index (κ2) is 20.5. The van der Waals surface area contributed by atoms with Gasteiger partial charge in [0, 0.05) is 70.2 Å². The molecule has 3 aromatic rings. The second-order valence-electron chi connectivity index (χ2n) is 19.3. The number of piperidine rings is 1. The zero-order valence-corrected chi connectivity index (χ0v) is 37.3. The fourth-order valence-electron chi connectivity index (χ4n) is 11.4. The zero-order valence-electron chi connectivity index (χ0n) is 37.3. The van der Waals surface area contributed by atoms with Crippen LogP contribution in [0.25, 0.3) is 0 Å². The predicted octanol–water partition coefficient (Wildman–Crippen LogP) is 7.65. The highest BCUT2D eigenvalue weighted by Gasteiger charge is 2.54. The molecule has 11 nitrogen and oxygen atoms in total. The van der Waals surface area contributed by atoms with Gasteiger partial charge in [-0.1, -0.05) is 13.0 Å². The van der Waals surface area contributed by atoms with Crippen LogP contribution in [0.3, 0.4) is 0 Å². The molecular weight excluding hydrogens is 808 g/mol. The molecule has 0 spiro atoms. The fourth-order valence-corrected chi connectivity index (χ4v) is 11.4. The Labute approximate surface area is 371 Å². The maximum absolute atomic E-state index is 12.8. The highest BCUT2D eigenvalue weighted by atomic mass is 19.4. The number of hydrogen-bond donors (Lipinski definition) is 3. The Hall–Kier alpha value is -3.98. The van der Waals surface area contributed by atoms with Crippen molar-refractivity contribution < 1.29 is 32.5 Å². The Kier molecular flexibility index (Phi) is 14.8. The molecule has 5 fully saturated rings. The molecule has 1 amide bonds. The van der Waals surface area contributed by atoms with E-state index in [-0.39, 0.29) is 29.3 Å². The van der Waals surface area contributed by atoms with Gasteiger partial charge >= 0.3 is 6.18 Å². The number of carbonyl (C=O) groups excluding carboxylic acids is 1. The molecule has 14 heteroatoms. The van der Waals surface area contributed by atoms with Gasteiger partial charge in [-0.25, -0.2) is 4.98 Å². The number of aliphatic hydroxyl groups is 1. The summed E-state index contributed by atoms with van der Waals surface area (Å²) < 4.78 is 48.5. The number of likely N-dealkylation sites (N-methyl/N-ethyl adjacent to an activating group) is 1. The Bertz CT molecular complexity index is 1950. The lowest BCUT2D eigenvalue weighted by Crippen LogP contribution is -2.47. The van der Waals surface area contributed by atoms with Gasteiger partial charge in [0.2, 0.25) is 0 Å². The molecule has 3 aliphatic heterocycles. The van der Waals surface area contributed by atoms with Gasteiger partial charge in [0.1, 0.15) is 11.6 Å². The van der Waals surface area contributed by atoms with E-state index in [9.17, 15) is 23.1 Å². The zero-order chi connectivity index (χ0) is 44.0. The van der Waals surface area contributed by atoms with Crippen LogP contribution >= 0.6 is 0 Å². The molecule has 6 aliphatic rings. The summed E-state index contributed by atoms with van der Waals surface area (Å²) >= 11 is 0. The van der Waals surface area contributed by atoms with Crippen LogP contribution in [-0.4, -0.2) is 122 Å². The van der Waals surface area contributed by atoms with Crippen molar-refractivity contribution in [2.24, 2.45) is 23.2 Å². The molecule has 6 atom stereocenters. The third-order valence-corrected chi connectivity index (χ3v) is 15.2. The van der Waals surface area contributed by atoms with Crippen molar-refractivity contribution in [1.82, 2.24) is 25.1 Å². The summed E-state index contributed by atoms with van der Waals surface area (Å²) in [6, 6.07) is 14.9. The van der Waals surface area contributed by atoms with Crippen LogP contribution in [0.5, 0.6) is 5.75 Å². The van der Waals surface area contributed by atoms with E-state index in [0.717, 1.165) is 68.8 Å². The molecule has 9 rings (SSSR count). The first-order valence-electron chi connectivity index (χ1n) is 23.6. The summed E-state index contributed by atoms with van der Waals surface area (Å²) in [4.78, 5) is 27.4. The molecule has 0 bridgehead atoms. The first-order valence-corrected chi connectivity index (χ1v) is 23.6. The Balaban J connectivity index is 0.000000268. The van der Waals surface area contributed by atoms with E-state index in [0.29, 0.717) is 50.3 Å². The van der Waals surface area contributed by atoms with Crippen molar-refractivity contribution in [1.29, 1.82) is 0 Å². The SMILES string of the molecule is CN1CCN(CC2CCN(c3ccc(C(=O)NCCCOc4ccc5c(c4)CCC4C5CC[C@]5(C)C(O)CCC45)cc3)CC2)CC1.FC(F)(F)c1cncc(NC2CCCOC2)n1. The van der Waals surface area contributed by atoms with Gasteiger partial charge in [0.25, 0.3) is 5.91 Å². The molecule has 1 aromatic heterocycles. The number of piperazine rings is 1. The second-order valence-corrected chi connectivity index (χ2v) is 19.3. The van der Waals surface area contributed by atoms with Gasteiger partial charge in [-0.15, -0.1) is 0 Å². The lowest BCUT2D eigenvalue weighted by Gasteiger charge is -2.50. The number of aromatic nitrogens is 2. The maximum atomic E-state index is 12.8. The molecular formula is C49H68F3N7O4. The summed E-state index contributed by atoms with van der Waals surface area (Å²) in [7, 11) is 2.22. The number of nitrogens with one attached hydrogen (secondary N) is 2. The molecule has 344 valence electrons. The molecule has 0 radical (unpaired) electrons. The number of carbonyl (C=O) groups is 1. The normalized spacial score (nSPS) is 27.9. The Morgan fingerprint density at radius 1 is 0.968 bits per heavy atom. The average molecular weight is 876 g/mol. The van der Waals surface area contributed by atoms with E-state index in [1.54, 1.807) is 0 Å². The number of alkyl halides is 3. The fraction of sp³-hybridized carbons (Fsp3) is 0.653. The van der Waals surface area contributed by atoms with Gasteiger partial charge in [0.15, 0.2) is 5.69 Å². The molecule has 5 unspecified atom stereocenters. The smallest absolute Gasteiger partial charge is 0.434 e. The molecule has 63 heavy (non-hydrogen) atoms. The van der Waals surface area contributed by atoms with Crippen molar-refractivity contribution in [2.75, 3.05) is 89.4 Å². The number of anilines is 2. The van der Waals surface area contributed by atoms with Gasteiger partial charge in [-0.3, -0.25) is 9.78 Å². The van der Waals surface area contributed by atoms with Gasteiger partial charge in [0.05, 0.1) is 37.8 Å². The van der Waals surface area contributed by atoms with E-state index in [1.165, 1.54) is 87.8 Å². The molecule has 3 aliphatic carbocycles. The molecule has 2 aromatic carbocycles. The van der Waals surface area contributed by atoms with Crippen molar-refractivity contribution >= 4 is 17.4 Å². The Morgan fingerprint density at radius 3 is 2.51 bits per heavy atom. The topological polar surface area (TPSA) is 115 Å². The predicted molar refractivity (Wildman–Crippen MR) is 239 cm³/mol. The minimum atomic E-state index is -4.46. The van der Waals surface area contributed by atoms with E-state index in [4.69, 9.17) is 9.47 Å². The van der Waals surface area contributed by atoms with E-state index in [2.05, 4.69) is 79.6 Å². The number of halogens is 3. The number of aryl methyl sites for hydroxylation is 1. The van der Waals surface area contributed by atoms with Crippen LogP contribution in [0.1, 0.15) is 104 Å². The van der Waals surface area contributed by atoms with Crippen molar-refractivity contribution in [3.8, 4) is 5.75 Å². The highest BCUT2D eigenvalue weighted by molar-refractivity contribution is 5.94. The molecule has 2 saturated carbocycles. The van der Waals surface area contributed by atoms with Crippen LogP contribution in [0.4, 0.5) is 24.7 Å². The van der Waals surface area contributed by atoms with Crippen LogP contribution < -0.4 is 20.3 Å². The first-order chi connectivity index (χ1) is 30.4. The quantitative estimate of drug-likeness (QED) is 0.166. The highest BCUT2D eigenvalue weighted by Crippen LogP contribution is 2.61. The van der Waals surface area contributed by atoms with E-state index < -0.39 is 11.9 Å². The van der Waals surface area contributed by atoms with Crippen molar-refractivity contribution in [3.05, 3.63) is 77.2 Å². The average Bonchev–Trinajstić information content (AvgIpc) is 3.61. The molecule has 4 heterocycles. The Morgan fingerprint density at radius 2 is 1.76 bits per heavy atom. The third kappa shape index (κ3) is 11.3. The molecule has 3 saturated heterocycles. The van der Waals surface area contributed by atoms with Crippen LogP contribution in [-0.2, 0) is 17.3 Å². The number of ether oxygens (including phenoxy) is 2. The number of rotatable bonds is 11. The molecule has 3 N–H and O–H groups in total. The first kappa shape index (κ1) is 45.6. The number of aliphatic hydroxyl groups excluding tert-OH is 1. The van der Waals surface area contributed by atoms with Gasteiger partial charge in [-0.05, 0) is 154 Å². The number of nitrogens with zero attached hydrogens (tertiary/aromatic N) is 5. The van der Waals surface area contributed by atoms with Gasteiger partial charge < -0.3 is 39.9 Å². The van der Waals surface area contributed by atoms with E-state index >= 15 is 0 Å². The lowest BCUT2D eigenvalue weighted by molar-refractivity contribution is -0.141. The van der Waals surface area contributed by atoms with Crippen LogP contribution in [0.2, 0.25) is 0 Å². The number of fused-ring (bicyclic) bond motifs is 5. The third-order valence-electron chi connectivity index (χ3n) is 15.2. The minimum Gasteiger partial charge on any atom is -0.494 e. The minimum absolute atomic E-state index is 0.00142.